The highest BCUT2D eigenvalue weighted by Gasteiger charge is 2.39. The van der Waals surface area contributed by atoms with E-state index < -0.39 is 0 Å². The molecule has 1 aliphatic carbocycles. The molecule has 2 heteroatoms. The Kier molecular flexibility index (Phi) is 3.69. The van der Waals surface area contributed by atoms with Crippen molar-refractivity contribution >= 4 is 0 Å². The molecule has 0 saturated heterocycles. The Morgan fingerprint density at radius 3 is 1.77 bits per heavy atom. The van der Waals surface area contributed by atoms with Gasteiger partial charge in [-0.2, -0.15) is 0 Å². The van der Waals surface area contributed by atoms with E-state index in [9.17, 15) is 10.2 Å². The average molecular weight is 294 g/mol. The maximum absolute atomic E-state index is 9.60. The highest BCUT2D eigenvalue weighted by atomic mass is 16.3. The Morgan fingerprint density at radius 2 is 1.36 bits per heavy atom. The molecule has 0 spiro atoms. The zero-order valence-electron chi connectivity index (χ0n) is 12.9. The molecule has 2 N–H and O–H groups in total. The Labute approximate surface area is 131 Å². The first-order valence-electron chi connectivity index (χ1n) is 7.75. The molecule has 1 atom stereocenters. The van der Waals surface area contributed by atoms with Gasteiger partial charge in [0, 0.05) is 5.41 Å². The Morgan fingerprint density at radius 1 is 0.909 bits per heavy atom. The first-order valence-corrected chi connectivity index (χ1v) is 7.75. The van der Waals surface area contributed by atoms with Gasteiger partial charge in [0.15, 0.2) is 0 Å². The van der Waals surface area contributed by atoms with Crippen LogP contribution in [0.2, 0.25) is 0 Å². The third kappa shape index (κ3) is 2.61. The van der Waals surface area contributed by atoms with Gasteiger partial charge >= 0.3 is 0 Å². The fourth-order valence-corrected chi connectivity index (χ4v) is 3.90. The average Bonchev–Trinajstić information content (AvgIpc) is 2.47. The SMILES string of the molecule is C=C1CC(C)CC(c2ccc(O)cc2)(c2ccc(O)cc2)C1. The summed E-state index contributed by atoms with van der Waals surface area (Å²) >= 11 is 0. The van der Waals surface area contributed by atoms with Crippen molar-refractivity contribution in [1.29, 1.82) is 0 Å². The summed E-state index contributed by atoms with van der Waals surface area (Å²) < 4.78 is 0. The molecule has 2 nitrogen and oxygen atoms in total. The molecule has 1 fully saturated rings. The van der Waals surface area contributed by atoms with E-state index in [0.29, 0.717) is 5.92 Å². The third-order valence-electron chi connectivity index (χ3n) is 4.73. The van der Waals surface area contributed by atoms with Crippen LogP contribution in [0.3, 0.4) is 0 Å². The first kappa shape index (κ1) is 14.7. The number of hydrogen-bond donors (Lipinski definition) is 2. The molecule has 1 saturated carbocycles. The normalized spacial score (nSPS) is 20.8. The molecule has 0 aliphatic heterocycles. The highest BCUT2D eigenvalue weighted by molar-refractivity contribution is 5.45. The molecule has 2 aromatic carbocycles. The molecule has 0 radical (unpaired) electrons. The lowest BCUT2D eigenvalue weighted by Crippen LogP contribution is -2.34. The van der Waals surface area contributed by atoms with Crippen molar-refractivity contribution in [2.45, 2.75) is 31.6 Å². The molecule has 0 heterocycles. The zero-order valence-corrected chi connectivity index (χ0v) is 12.9. The predicted molar refractivity (Wildman–Crippen MR) is 89.1 cm³/mol. The monoisotopic (exact) mass is 294 g/mol. The number of rotatable bonds is 2. The van der Waals surface area contributed by atoms with E-state index in [1.807, 2.05) is 24.3 Å². The highest BCUT2D eigenvalue weighted by Crippen LogP contribution is 2.48. The molecule has 0 aromatic heterocycles. The summed E-state index contributed by atoms with van der Waals surface area (Å²) in [4.78, 5) is 0. The second-order valence-electron chi connectivity index (χ2n) is 6.62. The van der Waals surface area contributed by atoms with Crippen LogP contribution in [0.4, 0.5) is 0 Å². The Bertz CT molecular complexity index is 622. The van der Waals surface area contributed by atoms with Crippen LogP contribution < -0.4 is 0 Å². The van der Waals surface area contributed by atoms with E-state index in [2.05, 4.69) is 13.5 Å². The smallest absolute Gasteiger partial charge is 0.115 e. The van der Waals surface area contributed by atoms with Gasteiger partial charge in [0.2, 0.25) is 0 Å². The lowest BCUT2D eigenvalue weighted by molar-refractivity contribution is 0.325. The van der Waals surface area contributed by atoms with Crippen LogP contribution in [0, 0.1) is 5.92 Å². The number of aromatic hydroxyl groups is 2. The van der Waals surface area contributed by atoms with Gasteiger partial charge in [0.05, 0.1) is 0 Å². The quantitative estimate of drug-likeness (QED) is 0.784. The zero-order chi connectivity index (χ0) is 15.7. The summed E-state index contributed by atoms with van der Waals surface area (Å²) in [6.07, 6.45) is 3.02. The van der Waals surface area contributed by atoms with Crippen molar-refractivity contribution in [2.75, 3.05) is 0 Å². The maximum Gasteiger partial charge on any atom is 0.115 e. The number of allylic oxidation sites excluding steroid dienone is 1. The topological polar surface area (TPSA) is 40.5 Å². The van der Waals surface area contributed by atoms with Crippen molar-refractivity contribution in [2.24, 2.45) is 5.92 Å². The van der Waals surface area contributed by atoms with E-state index in [0.717, 1.165) is 19.3 Å². The second-order valence-corrected chi connectivity index (χ2v) is 6.62. The fourth-order valence-electron chi connectivity index (χ4n) is 3.90. The summed E-state index contributed by atoms with van der Waals surface area (Å²) in [5.74, 6) is 1.13. The van der Waals surface area contributed by atoms with E-state index >= 15 is 0 Å². The number of benzene rings is 2. The van der Waals surface area contributed by atoms with Crippen LogP contribution in [0.1, 0.15) is 37.3 Å². The predicted octanol–water partition coefficient (Wildman–Crippen LogP) is 4.76. The number of hydrogen-bond acceptors (Lipinski definition) is 2. The van der Waals surface area contributed by atoms with Crippen molar-refractivity contribution in [1.82, 2.24) is 0 Å². The van der Waals surface area contributed by atoms with Crippen molar-refractivity contribution in [3.05, 3.63) is 71.8 Å². The van der Waals surface area contributed by atoms with Gasteiger partial charge in [-0.25, -0.2) is 0 Å². The molecule has 0 amide bonds. The van der Waals surface area contributed by atoms with Crippen molar-refractivity contribution in [3.63, 3.8) is 0 Å². The van der Waals surface area contributed by atoms with E-state index in [1.54, 1.807) is 24.3 Å². The standard InChI is InChI=1S/C20H22O2/c1-14-11-15(2)13-20(12-14,16-3-7-18(21)8-4-16)17-5-9-19(22)10-6-17/h3-10,15,21-22H,1,11-13H2,2H3. The van der Waals surface area contributed by atoms with Crippen molar-refractivity contribution in [3.8, 4) is 11.5 Å². The van der Waals surface area contributed by atoms with Crippen LogP contribution in [0.5, 0.6) is 11.5 Å². The van der Waals surface area contributed by atoms with Gasteiger partial charge in [-0.05, 0) is 60.6 Å². The van der Waals surface area contributed by atoms with E-state index in [1.165, 1.54) is 16.7 Å². The summed E-state index contributed by atoms with van der Waals surface area (Å²) in [6.45, 7) is 6.51. The second kappa shape index (κ2) is 5.53. The molecule has 3 rings (SSSR count). The van der Waals surface area contributed by atoms with Crippen LogP contribution in [0.15, 0.2) is 60.7 Å². The summed E-state index contributed by atoms with van der Waals surface area (Å²) in [5, 5.41) is 19.2. The Balaban J connectivity index is 2.15. The van der Waals surface area contributed by atoms with Crippen LogP contribution in [-0.2, 0) is 5.41 Å². The molecule has 1 unspecified atom stereocenters. The maximum atomic E-state index is 9.60. The lowest BCUT2D eigenvalue weighted by Gasteiger charge is -2.42. The minimum absolute atomic E-state index is 0.129. The summed E-state index contributed by atoms with van der Waals surface area (Å²) in [7, 11) is 0. The summed E-state index contributed by atoms with van der Waals surface area (Å²) in [6, 6.07) is 15.0. The fraction of sp³-hybridized carbons (Fsp3) is 0.300. The van der Waals surface area contributed by atoms with E-state index in [-0.39, 0.29) is 16.9 Å². The number of phenols is 2. The molecule has 1 aliphatic rings. The minimum Gasteiger partial charge on any atom is -0.508 e. The summed E-state index contributed by atoms with van der Waals surface area (Å²) in [5.41, 5.74) is 3.53. The first-order chi connectivity index (χ1) is 10.5. The van der Waals surface area contributed by atoms with Crippen LogP contribution in [-0.4, -0.2) is 10.2 Å². The van der Waals surface area contributed by atoms with Gasteiger partial charge in [-0.15, -0.1) is 0 Å². The van der Waals surface area contributed by atoms with Gasteiger partial charge in [0.1, 0.15) is 11.5 Å². The van der Waals surface area contributed by atoms with Gasteiger partial charge in [-0.3, -0.25) is 0 Å². The van der Waals surface area contributed by atoms with Crippen molar-refractivity contribution < 1.29 is 10.2 Å². The third-order valence-corrected chi connectivity index (χ3v) is 4.73. The molecule has 2 aromatic rings. The molecular weight excluding hydrogens is 272 g/mol. The molecule has 0 bridgehead atoms. The minimum atomic E-state index is -0.129. The largest absolute Gasteiger partial charge is 0.508 e. The number of phenolic OH excluding ortho intramolecular Hbond substituents is 2. The molecular formula is C20H22O2. The van der Waals surface area contributed by atoms with Gasteiger partial charge in [0.25, 0.3) is 0 Å². The van der Waals surface area contributed by atoms with Crippen LogP contribution in [0.25, 0.3) is 0 Å². The Hall–Kier alpha value is -2.22. The van der Waals surface area contributed by atoms with E-state index in [4.69, 9.17) is 0 Å². The molecule has 114 valence electrons. The van der Waals surface area contributed by atoms with Gasteiger partial charge in [-0.1, -0.05) is 43.3 Å². The lowest BCUT2D eigenvalue weighted by atomic mass is 9.61. The van der Waals surface area contributed by atoms with Gasteiger partial charge < -0.3 is 10.2 Å². The molecule has 22 heavy (non-hydrogen) atoms. The van der Waals surface area contributed by atoms with Crippen LogP contribution >= 0.6 is 0 Å².